The molecule has 0 saturated carbocycles. The Balaban J connectivity index is 1.57. The van der Waals surface area contributed by atoms with Gasteiger partial charge in [0.05, 0.1) is 21.7 Å². The van der Waals surface area contributed by atoms with Gasteiger partial charge in [0.1, 0.15) is 5.75 Å². The SMILES string of the molecule is CC(C(=O)Nc1ccc([N+](=O)[O-])cc1Cl)N1CCC(c2ccc(O)cc2)CC1. The molecule has 1 saturated heterocycles. The maximum atomic E-state index is 12.6. The molecule has 0 spiro atoms. The van der Waals surface area contributed by atoms with Crippen LogP contribution in [0.2, 0.25) is 5.02 Å². The van der Waals surface area contributed by atoms with Crippen molar-refractivity contribution in [2.24, 2.45) is 0 Å². The Bertz CT molecular complexity index is 864. The summed E-state index contributed by atoms with van der Waals surface area (Å²) in [6, 6.07) is 10.9. The van der Waals surface area contributed by atoms with Gasteiger partial charge in [-0.15, -0.1) is 0 Å². The first kappa shape index (κ1) is 20.1. The number of rotatable bonds is 5. The molecular weight excluding hydrogens is 382 g/mol. The van der Waals surface area contributed by atoms with Gasteiger partial charge in [0.15, 0.2) is 0 Å². The van der Waals surface area contributed by atoms with Crippen LogP contribution in [0.5, 0.6) is 5.75 Å². The van der Waals surface area contributed by atoms with E-state index >= 15 is 0 Å². The molecule has 1 unspecified atom stereocenters. The predicted molar refractivity (Wildman–Crippen MR) is 108 cm³/mol. The first-order valence-corrected chi connectivity index (χ1v) is 9.50. The lowest BCUT2D eigenvalue weighted by Crippen LogP contribution is -2.45. The van der Waals surface area contributed by atoms with Gasteiger partial charge in [-0.1, -0.05) is 23.7 Å². The minimum Gasteiger partial charge on any atom is -0.508 e. The van der Waals surface area contributed by atoms with Gasteiger partial charge in [-0.25, -0.2) is 0 Å². The number of phenolic OH excluding ortho intramolecular Hbond substituents is 1. The topological polar surface area (TPSA) is 95.7 Å². The fraction of sp³-hybridized carbons (Fsp3) is 0.350. The molecule has 0 bridgehead atoms. The number of phenols is 1. The zero-order chi connectivity index (χ0) is 20.3. The van der Waals surface area contributed by atoms with Crippen molar-refractivity contribution in [3.05, 3.63) is 63.2 Å². The second-order valence-corrected chi connectivity index (χ2v) is 7.40. The molecule has 1 heterocycles. The summed E-state index contributed by atoms with van der Waals surface area (Å²) in [5.41, 5.74) is 1.45. The number of anilines is 1. The molecule has 148 valence electrons. The smallest absolute Gasteiger partial charge is 0.271 e. The maximum absolute atomic E-state index is 12.6. The van der Waals surface area contributed by atoms with Crippen molar-refractivity contribution in [2.75, 3.05) is 18.4 Å². The molecule has 0 aromatic heterocycles. The molecule has 1 amide bonds. The highest BCUT2D eigenvalue weighted by atomic mass is 35.5. The molecule has 8 heteroatoms. The number of nitro benzene ring substituents is 1. The number of nitro groups is 1. The molecule has 0 radical (unpaired) electrons. The minimum absolute atomic E-state index is 0.118. The first-order valence-electron chi connectivity index (χ1n) is 9.13. The molecule has 2 aromatic rings. The molecule has 1 atom stereocenters. The van der Waals surface area contributed by atoms with Crippen molar-refractivity contribution in [2.45, 2.75) is 31.7 Å². The molecular formula is C20H22ClN3O4. The Hall–Kier alpha value is -2.64. The molecule has 1 aliphatic heterocycles. The summed E-state index contributed by atoms with van der Waals surface area (Å²) in [6.07, 6.45) is 1.86. The van der Waals surface area contributed by atoms with Gasteiger partial charge in [0.2, 0.25) is 5.91 Å². The van der Waals surface area contributed by atoms with Crippen molar-refractivity contribution in [1.82, 2.24) is 4.90 Å². The van der Waals surface area contributed by atoms with Crippen LogP contribution in [-0.2, 0) is 4.79 Å². The predicted octanol–water partition coefficient (Wildman–Crippen LogP) is 4.16. The number of non-ortho nitro benzene ring substituents is 1. The zero-order valence-corrected chi connectivity index (χ0v) is 16.2. The summed E-state index contributed by atoms with van der Waals surface area (Å²) >= 11 is 6.06. The summed E-state index contributed by atoms with van der Waals surface area (Å²) in [6.45, 7) is 3.41. The van der Waals surface area contributed by atoms with Gasteiger partial charge in [0, 0.05) is 12.1 Å². The lowest BCUT2D eigenvalue weighted by atomic mass is 9.89. The van der Waals surface area contributed by atoms with Crippen molar-refractivity contribution >= 4 is 28.9 Å². The summed E-state index contributed by atoms with van der Waals surface area (Å²) < 4.78 is 0. The minimum atomic E-state index is -0.529. The highest BCUT2D eigenvalue weighted by molar-refractivity contribution is 6.34. The largest absolute Gasteiger partial charge is 0.508 e. The van der Waals surface area contributed by atoms with Crippen LogP contribution in [-0.4, -0.2) is 40.0 Å². The van der Waals surface area contributed by atoms with E-state index in [-0.39, 0.29) is 28.4 Å². The molecule has 2 N–H and O–H groups in total. The van der Waals surface area contributed by atoms with Crippen LogP contribution in [0.1, 0.15) is 31.2 Å². The number of hydrogen-bond acceptors (Lipinski definition) is 5. The van der Waals surface area contributed by atoms with E-state index in [0.717, 1.165) is 25.9 Å². The van der Waals surface area contributed by atoms with Gasteiger partial charge in [0.25, 0.3) is 5.69 Å². The normalized spacial score (nSPS) is 16.5. The number of aromatic hydroxyl groups is 1. The van der Waals surface area contributed by atoms with E-state index in [9.17, 15) is 20.0 Å². The van der Waals surface area contributed by atoms with Gasteiger partial charge in [-0.05, 0) is 62.5 Å². The van der Waals surface area contributed by atoms with E-state index in [4.69, 9.17) is 11.6 Å². The van der Waals surface area contributed by atoms with E-state index in [1.54, 1.807) is 12.1 Å². The van der Waals surface area contributed by atoms with E-state index in [0.29, 0.717) is 11.6 Å². The third kappa shape index (κ3) is 4.61. The van der Waals surface area contributed by atoms with Crippen LogP contribution in [0, 0.1) is 10.1 Å². The Morgan fingerprint density at radius 1 is 1.25 bits per heavy atom. The monoisotopic (exact) mass is 403 g/mol. The fourth-order valence-electron chi connectivity index (χ4n) is 3.49. The highest BCUT2D eigenvalue weighted by Gasteiger charge is 2.27. The van der Waals surface area contributed by atoms with E-state index in [1.807, 2.05) is 19.1 Å². The van der Waals surface area contributed by atoms with Crippen LogP contribution in [0.15, 0.2) is 42.5 Å². The van der Waals surface area contributed by atoms with Gasteiger partial charge in [-0.3, -0.25) is 19.8 Å². The number of benzene rings is 2. The third-order valence-corrected chi connectivity index (χ3v) is 5.56. The number of likely N-dealkylation sites (tertiary alicyclic amines) is 1. The van der Waals surface area contributed by atoms with Crippen LogP contribution in [0.4, 0.5) is 11.4 Å². The maximum Gasteiger partial charge on any atom is 0.271 e. The van der Waals surface area contributed by atoms with Crippen LogP contribution < -0.4 is 5.32 Å². The zero-order valence-electron chi connectivity index (χ0n) is 15.5. The number of hydrogen-bond donors (Lipinski definition) is 2. The molecule has 7 nitrogen and oxygen atoms in total. The van der Waals surface area contributed by atoms with E-state index in [1.165, 1.54) is 23.8 Å². The summed E-state index contributed by atoms with van der Waals surface area (Å²) in [7, 11) is 0. The van der Waals surface area contributed by atoms with Gasteiger partial charge in [-0.2, -0.15) is 0 Å². The number of carbonyl (C=O) groups is 1. The van der Waals surface area contributed by atoms with Gasteiger partial charge < -0.3 is 10.4 Å². The number of amides is 1. The van der Waals surface area contributed by atoms with Crippen molar-refractivity contribution in [3.8, 4) is 5.75 Å². The lowest BCUT2D eigenvalue weighted by molar-refractivity contribution is -0.384. The molecule has 0 aliphatic carbocycles. The van der Waals surface area contributed by atoms with E-state index in [2.05, 4.69) is 10.2 Å². The summed E-state index contributed by atoms with van der Waals surface area (Å²) in [5, 5.41) is 23.1. The van der Waals surface area contributed by atoms with Crippen molar-refractivity contribution in [3.63, 3.8) is 0 Å². The molecule has 28 heavy (non-hydrogen) atoms. The Kier molecular flexibility index (Phi) is 6.16. The second-order valence-electron chi connectivity index (χ2n) is 6.99. The average Bonchev–Trinajstić information content (AvgIpc) is 2.69. The quantitative estimate of drug-likeness (QED) is 0.577. The van der Waals surface area contributed by atoms with Crippen molar-refractivity contribution < 1.29 is 14.8 Å². The highest BCUT2D eigenvalue weighted by Crippen LogP contribution is 2.30. The summed E-state index contributed by atoms with van der Waals surface area (Å²) in [5.74, 6) is 0.478. The number of nitrogens with zero attached hydrogens (tertiary/aromatic N) is 2. The standard InChI is InChI=1S/C20H22ClN3O4/c1-13(20(26)22-19-7-4-16(24(27)28)12-18(19)21)23-10-8-15(9-11-23)14-2-5-17(25)6-3-14/h2-7,12-13,15,25H,8-11H2,1H3,(H,22,26). The third-order valence-electron chi connectivity index (χ3n) is 5.24. The molecule has 1 fully saturated rings. The molecule has 3 rings (SSSR count). The van der Waals surface area contributed by atoms with Crippen LogP contribution in [0.25, 0.3) is 0 Å². The average molecular weight is 404 g/mol. The number of piperidine rings is 1. The number of nitrogens with one attached hydrogen (secondary N) is 1. The Labute approximate surface area is 168 Å². The Morgan fingerprint density at radius 3 is 2.46 bits per heavy atom. The van der Waals surface area contributed by atoms with Crippen LogP contribution >= 0.6 is 11.6 Å². The fourth-order valence-corrected chi connectivity index (χ4v) is 3.71. The molecule has 2 aromatic carbocycles. The lowest BCUT2D eigenvalue weighted by Gasteiger charge is -2.35. The second kappa shape index (κ2) is 8.58. The van der Waals surface area contributed by atoms with E-state index < -0.39 is 4.92 Å². The van der Waals surface area contributed by atoms with Crippen LogP contribution in [0.3, 0.4) is 0 Å². The Morgan fingerprint density at radius 2 is 1.89 bits per heavy atom. The van der Waals surface area contributed by atoms with Crippen molar-refractivity contribution in [1.29, 1.82) is 0 Å². The first-order chi connectivity index (χ1) is 13.3. The van der Waals surface area contributed by atoms with Gasteiger partial charge >= 0.3 is 0 Å². The summed E-state index contributed by atoms with van der Waals surface area (Å²) in [4.78, 5) is 25.0. The number of halogens is 1. The number of carbonyl (C=O) groups excluding carboxylic acids is 1. The molecule has 1 aliphatic rings.